The molecule has 1 N–H and O–H groups in total. The first-order valence-corrected chi connectivity index (χ1v) is 10.8. The quantitative estimate of drug-likeness (QED) is 0.712. The van der Waals surface area contributed by atoms with Crippen LogP contribution < -0.4 is 10.1 Å². The van der Waals surface area contributed by atoms with E-state index in [2.05, 4.69) is 56.9 Å². The van der Waals surface area contributed by atoms with Crippen LogP contribution in [0.5, 0.6) is 5.88 Å². The second kappa shape index (κ2) is 7.96. The van der Waals surface area contributed by atoms with E-state index in [1.807, 2.05) is 19.2 Å². The van der Waals surface area contributed by atoms with Crippen molar-refractivity contribution in [2.24, 2.45) is 23.8 Å². The Morgan fingerprint density at radius 1 is 1.21 bits per heavy atom. The van der Waals surface area contributed by atoms with Crippen LogP contribution in [0.4, 0.5) is 5.82 Å². The summed E-state index contributed by atoms with van der Waals surface area (Å²) in [5.41, 5.74) is 1.05. The molecule has 1 fully saturated rings. The van der Waals surface area contributed by atoms with Crippen molar-refractivity contribution in [3.63, 3.8) is 0 Å². The number of nitrogens with one attached hydrogen (secondary N) is 1. The Morgan fingerprint density at radius 3 is 2.41 bits per heavy atom. The number of ether oxygens (including phenoxy) is 1. The van der Waals surface area contributed by atoms with Gasteiger partial charge in [0.2, 0.25) is 11.8 Å². The number of pyridine rings is 1. The molecule has 6 nitrogen and oxygen atoms in total. The number of nitrogens with zero attached hydrogens (tertiary/aromatic N) is 3. The van der Waals surface area contributed by atoms with Crippen molar-refractivity contribution in [3.05, 3.63) is 12.1 Å². The van der Waals surface area contributed by atoms with Crippen LogP contribution in [0.25, 0.3) is 11.0 Å². The van der Waals surface area contributed by atoms with E-state index >= 15 is 0 Å². The number of amides is 1. The molecule has 0 saturated heterocycles. The number of carbonyl (C=O) groups is 1. The molecule has 1 aliphatic rings. The van der Waals surface area contributed by atoms with Crippen molar-refractivity contribution in [1.29, 1.82) is 0 Å². The summed E-state index contributed by atoms with van der Waals surface area (Å²) in [6, 6.07) is 3.81. The van der Waals surface area contributed by atoms with Crippen LogP contribution in [-0.2, 0) is 11.8 Å². The number of aromatic nitrogens is 3. The second-order valence-electron chi connectivity index (χ2n) is 10.1. The van der Waals surface area contributed by atoms with E-state index in [0.29, 0.717) is 17.3 Å². The zero-order chi connectivity index (χ0) is 21.4. The molecule has 1 aliphatic carbocycles. The third-order valence-electron chi connectivity index (χ3n) is 6.03. The summed E-state index contributed by atoms with van der Waals surface area (Å²) >= 11 is 0. The Kier molecular flexibility index (Phi) is 5.93. The molecule has 0 radical (unpaired) electrons. The van der Waals surface area contributed by atoms with Crippen molar-refractivity contribution in [1.82, 2.24) is 14.8 Å². The van der Waals surface area contributed by atoms with E-state index in [-0.39, 0.29) is 28.8 Å². The number of fused-ring (bicyclic) bond motifs is 1. The van der Waals surface area contributed by atoms with Gasteiger partial charge in [-0.15, -0.1) is 0 Å². The molecule has 160 valence electrons. The zero-order valence-corrected chi connectivity index (χ0v) is 19.0. The first kappa shape index (κ1) is 21.6. The fraction of sp³-hybridized carbons (Fsp3) is 0.696. The lowest BCUT2D eigenvalue weighted by Crippen LogP contribution is -2.39. The Balaban J connectivity index is 1.81. The molecule has 1 amide bonds. The van der Waals surface area contributed by atoms with Crippen molar-refractivity contribution < 1.29 is 9.53 Å². The summed E-state index contributed by atoms with van der Waals surface area (Å²) in [5.74, 6) is 1.23. The maximum Gasteiger partial charge on any atom is 0.228 e. The molecule has 2 aromatic heterocycles. The van der Waals surface area contributed by atoms with Crippen LogP contribution in [0.3, 0.4) is 0 Å². The lowest BCUT2D eigenvalue weighted by Gasteiger charge is -2.44. The Labute approximate surface area is 174 Å². The molecule has 6 heteroatoms. The van der Waals surface area contributed by atoms with Gasteiger partial charge in [0.25, 0.3) is 0 Å². The van der Waals surface area contributed by atoms with Gasteiger partial charge < -0.3 is 10.1 Å². The lowest BCUT2D eigenvalue weighted by molar-refractivity contribution is -0.124. The van der Waals surface area contributed by atoms with Crippen molar-refractivity contribution in [3.8, 4) is 5.88 Å². The summed E-state index contributed by atoms with van der Waals surface area (Å²) in [5, 5.41) is 8.45. The monoisotopic (exact) mass is 400 g/mol. The van der Waals surface area contributed by atoms with Gasteiger partial charge in [0.05, 0.1) is 11.5 Å². The molecule has 2 heterocycles. The standard InChI is InChI=1S/C23H36N4O2/c1-8-16(9-2)29-18-11-10-17-19(26-27(7)20(17)24-18)25-21(28)15-12-22(3,4)14-23(5,6)13-15/h10-11,15-16H,8-9,12-14H2,1-7H3,(H,25,26,28). The van der Waals surface area contributed by atoms with Crippen molar-refractivity contribution in [2.75, 3.05) is 5.32 Å². The van der Waals surface area contributed by atoms with Gasteiger partial charge in [-0.3, -0.25) is 4.79 Å². The van der Waals surface area contributed by atoms with Crippen LogP contribution in [0.15, 0.2) is 12.1 Å². The summed E-state index contributed by atoms with van der Waals surface area (Å²) < 4.78 is 7.68. The van der Waals surface area contributed by atoms with E-state index < -0.39 is 0 Å². The largest absolute Gasteiger partial charge is 0.474 e. The number of carbonyl (C=O) groups excluding carboxylic acids is 1. The van der Waals surface area contributed by atoms with Crippen molar-refractivity contribution in [2.45, 2.75) is 79.8 Å². The number of hydrogen-bond donors (Lipinski definition) is 1. The van der Waals surface area contributed by atoms with Gasteiger partial charge in [0.1, 0.15) is 0 Å². The summed E-state index contributed by atoms with van der Waals surface area (Å²) in [4.78, 5) is 17.7. The topological polar surface area (TPSA) is 69.0 Å². The third-order valence-corrected chi connectivity index (χ3v) is 6.03. The summed E-state index contributed by atoms with van der Waals surface area (Å²) in [7, 11) is 1.85. The molecule has 29 heavy (non-hydrogen) atoms. The molecule has 0 atom stereocenters. The Bertz CT molecular complexity index is 864. The number of rotatable bonds is 6. The minimum absolute atomic E-state index is 0.00348. The molecule has 0 spiro atoms. The van der Waals surface area contributed by atoms with E-state index in [9.17, 15) is 4.79 Å². The normalized spacial score (nSPS) is 18.9. The van der Waals surface area contributed by atoms with Gasteiger partial charge in [0, 0.05) is 19.0 Å². The van der Waals surface area contributed by atoms with E-state index in [1.165, 1.54) is 0 Å². The third kappa shape index (κ3) is 4.90. The zero-order valence-electron chi connectivity index (χ0n) is 19.0. The first-order chi connectivity index (χ1) is 13.5. The summed E-state index contributed by atoms with van der Waals surface area (Å²) in [6.45, 7) is 13.3. The predicted molar refractivity (Wildman–Crippen MR) is 117 cm³/mol. The van der Waals surface area contributed by atoms with Crippen LogP contribution in [0.2, 0.25) is 0 Å². The highest BCUT2D eigenvalue weighted by Crippen LogP contribution is 2.48. The van der Waals surface area contributed by atoms with Crippen LogP contribution in [-0.4, -0.2) is 26.8 Å². The Morgan fingerprint density at radius 2 is 1.83 bits per heavy atom. The molecule has 3 rings (SSSR count). The molecule has 0 unspecified atom stereocenters. The SMILES string of the molecule is CCC(CC)Oc1ccc2c(NC(=O)C3CC(C)(C)CC(C)(C)C3)nn(C)c2n1. The van der Waals surface area contributed by atoms with E-state index in [1.54, 1.807) is 4.68 Å². The highest BCUT2D eigenvalue weighted by atomic mass is 16.5. The van der Waals surface area contributed by atoms with E-state index in [4.69, 9.17) is 4.74 Å². The fourth-order valence-corrected chi connectivity index (χ4v) is 5.15. The molecule has 2 aromatic rings. The van der Waals surface area contributed by atoms with Gasteiger partial charge >= 0.3 is 0 Å². The molecule has 0 aromatic carbocycles. The number of hydrogen-bond acceptors (Lipinski definition) is 4. The second-order valence-corrected chi connectivity index (χ2v) is 10.1. The minimum Gasteiger partial charge on any atom is -0.474 e. The molecular formula is C23H36N4O2. The van der Waals surface area contributed by atoms with E-state index in [0.717, 1.165) is 37.5 Å². The van der Waals surface area contributed by atoms with Gasteiger partial charge in [-0.05, 0) is 49.0 Å². The average molecular weight is 401 g/mol. The maximum atomic E-state index is 13.1. The fourth-order valence-electron chi connectivity index (χ4n) is 5.15. The number of anilines is 1. The smallest absolute Gasteiger partial charge is 0.228 e. The molecular weight excluding hydrogens is 364 g/mol. The van der Waals surface area contributed by atoms with Gasteiger partial charge in [-0.25, -0.2) is 4.68 Å². The van der Waals surface area contributed by atoms with Crippen LogP contribution in [0, 0.1) is 16.7 Å². The Hall–Kier alpha value is -2.11. The molecule has 1 saturated carbocycles. The highest BCUT2D eigenvalue weighted by molar-refractivity contribution is 5.99. The van der Waals surface area contributed by atoms with Gasteiger partial charge in [-0.2, -0.15) is 10.1 Å². The number of aryl methyl sites for hydroxylation is 1. The van der Waals surface area contributed by atoms with Crippen LogP contribution >= 0.6 is 0 Å². The average Bonchev–Trinajstić information content (AvgIpc) is 2.92. The van der Waals surface area contributed by atoms with Gasteiger partial charge in [-0.1, -0.05) is 41.5 Å². The maximum absolute atomic E-state index is 13.1. The first-order valence-electron chi connectivity index (χ1n) is 10.8. The lowest BCUT2D eigenvalue weighted by atomic mass is 9.61. The van der Waals surface area contributed by atoms with Crippen molar-refractivity contribution >= 4 is 22.8 Å². The minimum atomic E-state index is -0.00348. The van der Waals surface area contributed by atoms with Gasteiger partial charge in [0.15, 0.2) is 11.5 Å². The molecule has 0 bridgehead atoms. The van der Waals surface area contributed by atoms with Crippen LogP contribution in [0.1, 0.15) is 73.6 Å². The highest BCUT2D eigenvalue weighted by Gasteiger charge is 2.41. The molecule has 0 aliphatic heterocycles. The summed E-state index contributed by atoms with van der Waals surface area (Å²) in [6.07, 6.45) is 4.98. The predicted octanol–water partition coefficient (Wildman–Crippen LogP) is 5.33.